The van der Waals surface area contributed by atoms with Crippen molar-refractivity contribution in [1.29, 1.82) is 0 Å². The number of hydrogen-bond donors (Lipinski definition) is 0. The molecule has 1 aromatic rings. The number of rotatable bonds is 5. The van der Waals surface area contributed by atoms with Crippen LogP contribution in [0, 0.1) is 6.92 Å². The molecule has 0 radical (unpaired) electrons. The third-order valence-corrected chi connectivity index (χ3v) is 3.80. The molecule has 0 bridgehead atoms. The second-order valence-electron chi connectivity index (χ2n) is 4.42. The van der Waals surface area contributed by atoms with Crippen LogP contribution >= 0.6 is 10.7 Å². The summed E-state index contributed by atoms with van der Waals surface area (Å²) in [7, 11) is 1.78. The number of aryl methyl sites for hydroxylation is 2. The van der Waals surface area contributed by atoms with Crippen LogP contribution in [0.2, 0.25) is 0 Å². The highest BCUT2D eigenvalue weighted by Gasteiger charge is 2.24. The van der Waals surface area contributed by atoms with Gasteiger partial charge in [0.2, 0.25) is 9.05 Å². The standard InChI is InChI=1S/C12H15ClO3S/c1-9-2-5-12(16-11-3-4-11)10(8-9)6-7-17(13,14)15/h2,5,8,11H,3-4,6-7H2,1H3. The molecular formula is C12H15ClO3S. The summed E-state index contributed by atoms with van der Waals surface area (Å²) >= 11 is 0. The Morgan fingerprint density at radius 3 is 2.71 bits per heavy atom. The van der Waals surface area contributed by atoms with Crippen LogP contribution in [-0.2, 0) is 15.5 Å². The highest BCUT2D eigenvalue weighted by atomic mass is 35.7. The molecule has 94 valence electrons. The molecule has 1 fully saturated rings. The maximum atomic E-state index is 11.0. The van der Waals surface area contributed by atoms with Crippen LogP contribution in [0.1, 0.15) is 24.0 Å². The zero-order valence-electron chi connectivity index (χ0n) is 9.65. The summed E-state index contributed by atoms with van der Waals surface area (Å²) in [6.07, 6.45) is 2.88. The van der Waals surface area contributed by atoms with Crippen LogP contribution in [0.3, 0.4) is 0 Å². The Balaban J connectivity index is 2.14. The second-order valence-corrected chi connectivity index (χ2v) is 7.32. The summed E-state index contributed by atoms with van der Waals surface area (Å²) in [5, 5.41) is 0. The van der Waals surface area contributed by atoms with Crippen molar-refractivity contribution in [3.63, 3.8) is 0 Å². The Morgan fingerprint density at radius 1 is 1.41 bits per heavy atom. The summed E-state index contributed by atoms with van der Waals surface area (Å²) in [6.45, 7) is 1.97. The zero-order chi connectivity index (χ0) is 12.5. The molecule has 0 heterocycles. The third kappa shape index (κ3) is 4.21. The van der Waals surface area contributed by atoms with E-state index in [1.165, 1.54) is 0 Å². The van der Waals surface area contributed by atoms with E-state index in [9.17, 15) is 8.42 Å². The van der Waals surface area contributed by atoms with Crippen molar-refractivity contribution in [3.05, 3.63) is 29.3 Å². The van der Waals surface area contributed by atoms with Gasteiger partial charge in [0.15, 0.2) is 0 Å². The quantitative estimate of drug-likeness (QED) is 0.776. The van der Waals surface area contributed by atoms with Crippen LogP contribution < -0.4 is 4.74 Å². The molecule has 0 atom stereocenters. The summed E-state index contributed by atoms with van der Waals surface area (Å²) < 4.78 is 27.7. The molecule has 3 nitrogen and oxygen atoms in total. The Bertz CT molecular complexity index is 506. The first kappa shape index (κ1) is 12.7. The Labute approximate surface area is 106 Å². The van der Waals surface area contributed by atoms with Crippen LogP contribution in [0.5, 0.6) is 5.75 Å². The van der Waals surface area contributed by atoms with E-state index in [-0.39, 0.29) is 5.75 Å². The topological polar surface area (TPSA) is 43.4 Å². The molecule has 0 saturated heterocycles. The van der Waals surface area contributed by atoms with Gasteiger partial charge >= 0.3 is 0 Å². The van der Waals surface area contributed by atoms with Gasteiger partial charge < -0.3 is 4.74 Å². The highest BCUT2D eigenvalue weighted by molar-refractivity contribution is 8.13. The summed E-state index contributed by atoms with van der Waals surface area (Å²) in [4.78, 5) is 0. The first-order valence-electron chi connectivity index (χ1n) is 5.62. The first-order valence-corrected chi connectivity index (χ1v) is 8.10. The van der Waals surface area contributed by atoms with E-state index in [1.54, 1.807) is 0 Å². The summed E-state index contributed by atoms with van der Waals surface area (Å²) in [6, 6.07) is 5.83. The van der Waals surface area contributed by atoms with E-state index in [4.69, 9.17) is 15.4 Å². The van der Waals surface area contributed by atoms with Crippen LogP contribution in [0.25, 0.3) is 0 Å². The minimum atomic E-state index is -3.45. The Hall–Kier alpha value is -0.740. The predicted molar refractivity (Wildman–Crippen MR) is 68.2 cm³/mol. The second kappa shape index (κ2) is 4.86. The van der Waals surface area contributed by atoms with Crippen LogP contribution in [0.15, 0.2) is 18.2 Å². The average Bonchev–Trinajstić information content (AvgIpc) is 3.01. The van der Waals surface area contributed by atoms with E-state index in [1.807, 2.05) is 25.1 Å². The summed E-state index contributed by atoms with van der Waals surface area (Å²) in [5.74, 6) is 0.734. The molecule has 0 aromatic heterocycles. The lowest BCUT2D eigenvalue weighted by Gasteiger charge is -2.11. The van der Waals surface area contributed by atoms with E-state index in [0.29, 0.717) is 12.5 Å². The van der Waals surface area contributed by atoms with E-state index in [0.717, 1.165) is 29.7 Å². The van der Waals surface area contributed by atoms with Gasteiger partial charge in [0, 0.05) is 10.7 Å². The third-order valence-electron chi connectivity index (χ3n) is 2.65. The number of ether oxygens (including phenoxy) is 1. The molecule has 0 amide bonds. The van der Waals surface area contributed by atoms with Gasteiger partial charge in [0.1, 0.15) is 5.75 Å². The van der Waals surface area contributed by atoms with Crippen LogP contribution in [-0.4, -0.2) is 20.3 Å². The van der Waals surface area contributed by atoms with E-state index >= 15 is 0 Å². The molecule has 1 aromatic carbocycles. The van der Waals surface area contributed by atoms with E-state index in [2.05, 4.69) is 0 Å². The normalized spacial score (nSPS) is 15.9. The smallest absolute Gasteiger partial charge is 0.232 e. The SMILES string of the molecule is Cc1ccc(OC2CC2)c(CCS(=O)(=O)Cl)c1. The molecule has 2 rings (SSSR count). The molecular weight excluding hydrogens is 260 g/mol. The molecule has 0 spiro atoms. The lowest BCUT2D eigenvalue weighted by Crippen LogP contribution is -2.05. The van der Waals surface area contributed by atoms with Gasteiger partial charge in [0.05, 0.1) is 11.9 Å². The maximum Gasteiger partial charge on any atom is 0.232 e. The fraction of sp³-hybridized carbons (Fsp3) is 0.500. The largest absolute Gasteiger partial charge is 0.490 e. The minimum Gasteiger partial charge on any atom is -0.490 e. The van der Waals surface area contributed by atoms with Gasteiger partial charge in [-0.05, 0) is 37.8 Å². The summed E-state index contributed by atoms with van der Waals surface area (Å²) in [5.41, 5.74) is 2.01. The monoisotopic (exact) mass is 274 g/mol. The van der Waals surface area contributed by atoms with Gasteiger partial charge in [-0.1, -0.05) is 17.7 Å². The van der Waals surface area contributed by atoms with Gasteiger partial charge in [-0.25, -0.2) is 8.42 Å². The number of halogens is 1. The van der Waals surface area contributed by atoms with E-state index < -0.39 is 9.05 Å². The Kier molecular flexibility index (Phi) is 3.64. The van der Waals surface area contributed by atoms with Gasteiger partial charge in [-0.15, -0.1) is 0 Å². The molecule has 1 aliphatic rings. The molecule has 0 aliphatic heterocycles. The molecule has 5 heteroatoms. The average molecular weight is 275 g/mol. The molecule has 1 aliphatic carbocycles. The predicted octanol–water partition coefficient (Wildman–Crippen LogP) is 2.65. The van der Waals surface area contributed by atoms with Crippen molar-refractivity contribution in [1.82, 2.24) is 0 Å². The number of benzene rings is 1. The zero-order valence-corrected chi connectivity index (χ0v) is 11.2. The van der Waals surface area contributed by atoms with Crippen molar-refractivity contribution in [2.75, 3.05) is 5.75 Å². The minimum absolute atomic E-state index is 0.0565. The van der Waals surface area contributed by atoms with Gasteiger partial charge in [-0.3, -0.25) is 0 Å². The highest BCUT2D eigenvalue weighted by Crippen LogP contribution is 2.30. The first-order chi connectivity index (χ1) is 7.94. The molecule has 0 unspecified atom stereocenters. The van der Waals surface area contributed by atoms with Crippen molar-refractivity contribution < 1.29 is 13.2 Å². The van der Waals surface area contributed by atoms with Gasteiger partial charge in [0.25, 0.3) is 0 Å². The maximum absolute atomic E-state index is 11.0. The lowest BCUT2D eigenvalue weighted by molar-refractivity contribution is 0.300. The van der Waals surface area contributed by atoms with Crippen molar-refractivity contribution >= 4 is 19.7 Å². The van der Waals surface area contributed by atoms with Crippen molar-refractivity contribution in [3.8, 4) is 5.75 Å². The molecule has 0 N–H and O–H groups in total. The number of hydrogen-bond acceptors (Lipinski definition) is 3. The van der Waals surface area contributed by atoms with Gasteiger partial charge in [-0.2, -0.15) is 0 Å². The molecule has 17 heavy (non-hydrogen) atoms. The fourth-order valence-electron chi connectivity index (χ4n) is 1.62. The molecule has 1 saturated carbocycles. The lowest BCUT2D eigenvalue weighted by atomic mass is 10.1. The fourth-order valence-corrected chi connectivity index (χ4v) is 2.31. The van der Waals surface area contributed by atoms with Crippen molar-refractivity contribution in [2.24, 2.45) is 0 Å². The Morgan fingerprint density at radius 2 is 2.12 bits per heavy atom. The van der Waals surface area contributed by atoms with Crippen molar-refractivity contribution in [2.45, 2.75) is 32.3 Å². The van der Waals surface area contributed by atoms with Crippen LogP contribution in [0.4, 0.5) is 0 Å².